The first-order valence-electron chi connectivity index (χ1n) is 8.88. The molecule has 0 aliphatic carbocycles. The van der Waals surface area contributed by atoms with Crippen molar-refractivity contribution in [3.05, 3.63) is 92.9 Å². The molecule has 6 nitrogen and oxygen atoms in total. The quantitative estimate of drug-likeness (QED) is 0.214. The molecule has 0 atom stereocenters. The monoisotopic (exact) mass is 476 g/mol. The van der Waals surface area contributed by atoms with E-state index >= 15 is 0 Å². The lowest BCUT2D eigenvalue weighted by atomic mass is 10.2. The molecule has 0 aliphatic heterocycles. The first-order chi connectivity index (χ1) is 14.9. The van der Waals surface area contributed by atoms with Crippen LogP contribution in [0.5, 0.6) is 11.5 Å². The standard InChI is InChI=1S/C22H15Cl3N2O4/c23-16-5-3-15(4-6-16)22(29)31-18-8-1-14(2-9-18)12-26-27-21(28)13-30-20-10-7-17(24)11-19(20)25/h1-12H,13H2,(H,27,28). The van der Waals surface area contributed by atoms with Crippen molar-refractivity contribution in [2.45, 2.75) is 0 Å². The van der Waals surface area contributed by atoms with Gasteiger partial charge < -0.3 is 9.47 Å². The van der Waals surface area contributed by atoms with E-state index in [1.54, 1.807) is 60.7 Å². The van der Waals surface area contributed by atoms with Crippen molar-refractivity contribution < 1.29 is 19.1 Å². The Labute approximate surface area is 193 Å². The number of halogens is 3. The molecule has 0 saturated carbocycles. The van der Waals surface area contributed by atoms with Crippen LogP contribution in [-0.2, 0) is 4.79 Å². The highest BCUT2D eigenvalue weighted by Crippen LogP contribution is 2.27. The molecular weight excluding hydrogens is 463 g/mol. The molecule has 31 heavy (non-hydrogen) atoms. The Hall–Kier alpha value is -3.06. The van der Waals surface area contributed by atoms with Gasteiger partial charge in [-0.25, -0.2) is 10.2 Å². The van der Waals surface area contributed by atoms with Crippen LogP contribution in [0.3, 0.4) is 0 Å². The summed E-state index contributed by atoms with van der Waals surface area (Å²) in [5.41, 5.74) is 3.42. The first kappa shape index (κ1) is 22.6. The topological polar surface area (TPSA) is 77.0 Å². The van der Waals surface area contributed by atoms with Crippen LogP contribution in [0.2, 0.25) is 15.1 Å². The van der Waals surface area contributed by atoms with Crippen molar-refractivity contribution in [3.8, 4) is 11.5 Å². The zero-order valence-electron chi connectivity index (χ0n) is 15.8. The maximum Gasteiger partial charge on any atom is 0.343 e. The number of rotatable bonds is 7. The highest BCUT2D eigenvalue weighted by molar-refractivity contribution is 6.35. The fourth-order valence-electron chi connectivity index (χ4n) is 2.32. The predicted molar refractivity (Wildman–Crippen MR) is 121 cm³/mol. The van der Waals surface area contributed by atoms with Gasteiger partial charge in [0, 0.05) is 10.0 Å². The molecule has 0 heterocycles. The normalized spacial score (nSPS) is 10.7. The van der Waals surface area contributed by atoms with Gasteiger partial charge in [-0.1, -0.05) is 34.8 Å². The largest absolute Gasteiger partial charge is 0.482 e. The van der Waals surface area contributed by atoms with Crippen molar-refractivity contribution >= 4 is 52.9 Å². The van der Waals surface area contributed by atoms with Crippen LogP contribution in [0.15, 0.2) is 71.8 Å². The molecule has 0 bridgehead atoms. The molecule has 0 aromatic heterocycles. The van der Waals surface area contributed by atoms with Crippen molar-refractivity contribution in [1.82, 2.24) is 5.43 Å². The number of hydrazone groups is 1. The van der Waals surface area contributed by atoms with E-state index < -0.39 is 11.9 Å². The second-order valence-electron chi connectivity index (χ2n) is 6.12. The number of carbonyl (C=O) groups excluding carboxylic acids is 2. The average Bonchev–Trinajstić information content (AvgIpc) is 2.75. The number of benzene rings is 3. The van der Waals surface area contributed by atoms with Crippen molar-refractivity contribution in [2.24, 2.45) is 5.10 Å². The van der Waals surface area contributed by atoms with Crippen molar-refractivity contribution in [1.29, 1.82) is 0 Å². The van der Waals surface area contributed by atoms with E-state index in [9.17, 15) is 9.59 Å². The van der Waals surface area contributed by atoms with Crippen LogP contribution in [0.25, 0.3) is 0 Å². The van der Waals surface area contributed by atoms with Crippen LogP contribution >= 0.6 is 34.8 Å². The van der Waals surface area contributed by atoms with Crippen LogP contribution in [-0.4, -0.2) is 24.7 Å². The Kier molecular flexibility index (Phi) is 7.89. The Morgan fingerprint density at radius 3 is 2.26 bits per heavy atom. The molecule has 0 radical (unpaired) electrons. The minimum atomic E-state index is -0.494. The molecule has 158 valence electrons. The number of nitrogens with one attached hydrogen (secondary N) is 1. The molecule has 0 fully saturated rings. The third-order valence-electron chi connectivity index (χ3n) is 3.83. The summed E-state index contributed by atoms with van der Waals surface area (Å²) in [4.78, 5) is 23.9. The summed E-state index contributed by atoms with van der Waals surface area (Å²) in [6.45, 7) is -0.266. The van der Waals surface area contributed by atoms with Gasteiger partial charge in [-0.3, -0.25) is 4.79 Å². The van der Waals surface area contributed by atoms with Crippen LogP contribution < -0.4 is 14.9 Å². The summed E-state index contributed by atoms with van der Waals surface area (Å²) in [6.07, 6.45) is 1.44. The first-order valence-corrected chi connectivity index (χ1v) is 10.0. The van der Waals surface area contributed by atoms with E-state index in [1.165, 1.54) is 12.3 Å². The van der Waals surface area contributed by atoms with Crippen molar-refractivity contribution in [2.75, 3.05) is 6.61 Å². The SMILES string of the molecule is O=C(COc1ccc(Cl)cc1Cl)NN=Cc1ccc(OC(=O)c2ccc(Cl)cc2)cc1. The van der Waals surface area contributed by atoms with Crippen LogP contribution in [0.4, 0.5) is 0 Å². The Balaban J connectivity index is 1.47. The minimum absolute atomic E-state index is 0.266. The van der Waals surface area contributed by atoms with Gasteiger partial charge in [-0.05, 0) is 72.3 Å². The van der Waals surface area contributed by atoms with E-state index in [1.807, 2.05) is 0 Å². The maximum atomic E-state index is 12.1. The van der Waals surface area contributed by atoms with Gasteiger partial charge in [-0.2, -0.15) is 5.10 Å². The minimum Gasteiger partial charge on any atom is -0.482 e. The molecule has 0 saturated heterocycles. The molecule has 3 aromatic rings. The number of ether oxygens (including phenoxy) is 2. The van der Waals surface area contributed by atoms with Gasteiger partial charge in [-0.15, -0.1) is 0 Å². The summed E-state index contributed by atoms with van der Waals surface area (Å²) in [7, 11) is 0. The molecule has 1 N–H and O–H groups in total. The molecule has 0 spiro atoms. The third-order valence-corrected chi connectivity index (χ3v) is 4.61. The molecule has 0 unspecified atom stereocenters. The lowest BCUT2D eigenvalue weighted by molar-refractivity contribution is -0.123. The number of hydrogen-bond donors (Lipinski definition) is 1. The maximum absolute atomic E-state index is 12.1. The Bertz CT molecular complexity index is 1100. The van der Waals surface area contributed by atoms with Crippen molar-refractivity contribution in [3.63, 3.8) is 0 Å². The van der Waals surface area contributed by atoms with Gasteiger partial charge in [0.1, 0.15) is 11.5 Å². The fourth-order valence-corrected chi connectivity index (χ4v) is 2.91. The van der Waals surface area contributed by atoms with Gasteiger partial charge in [0.2, 0.25) is 0 Å². The van der Waals surface area contributed by atoms with Crippen LogP contribution in [0.1, 0.15) is 15.9 Å². The summed E-state index contributed by atoms with van der Waals surface area (Å²) in [6, 6.07) is 17.7. The van der Waals surface area contributed by atoms with Gasteiger partial charge in [0.15, 0.2) is 6.61 Å². The van der Waals surface area contributed by atoms with Gasteiger partial charge in [0.25, 0.3) is 5.91 Å². The summed E-state index contributed by atoms with van der Waals surface area (Å²) in [5.74, 6) is -0.245. The van der Waals surface area contributed by atoms with E-state index in [-0.39, 0.29) is 6.61 Å². The molecule has 3 aromatic carbocycles. The number of hydrogen-bond acceptors (Lipinski definition) is 5. The number of carbonyl (C=O) groups is 2. The van der Waals surface area contributed by atoms with E-state index in [0.717, 1.165) is 0 Å². The zero-order chi connectivity index (χ0) is 22.2. The molecule has 0 aliphatic rings. The lowest BCUT2D eigenvalue weighted by Crippen LogP contribution is -2.24. The summed E-state index contributed by atoms with van der Waals surface area (Å²) >= 11 is 17.6. The predicted octanol–water partition coefficient (Wildman–Crippen LogP) is 5.40. The number of esters is 1. The zero-order valence-corrected chi connectivity index (χ0v) is 18.1. The fraction of sp³-hybridized carbons (Fsp3) is 0.0455. The second-order valence-corrected chi connectivity index (χ2v) is 7.40. The van der Waals surface area contributed by atoms with Gasteiger partial charge >= 0.3 is 5.97 Å². The highest BCUT2D eigenvalue weighted by atomic mass is 35.5. The molecule has 3 rings (SSSR count). The smallest absolute Gasteiger partial charge is 0.343 e. The van der Waals surface area contributed by atoms with E-state index in [2.05, 4.69) is 10.5 Å². The molecular formula is C22H15Cl3N2O4. The highest BCUT2D eigenvalue weighted by Gasteiger charge is 2.08. The Morgan fingerprint density at radius 2 is 1.58 bits per heavy atom. The third kappa shape index (κ3) is 7.00. The van der Waals surface area contributed by atoms with E-state index in [0.29, 0.717) is 37.7 Å². The van der Waals surface area contributed by atoms with E-state index in [4.69, 9.17) is 44.3 Å². The van der Waals surface area contributed by atoms with Crippen LogP contribution in [0, 0.1) is 0 Å². The Morgan fingerprint density at radius 1 is 0.903 bits per heavy atom. The van der Waals surface area contributed by atoms with Gasteiger partial charge in [0.05, 0.1) is 16.8 Å². The summed E-state index contributed by atoms with van der Waals surface area (Å²) < 4.78 is 10.6. The summed E-state index contributed by atoms with van der Waals surface area (Å²) in [5, 5.41) is 5.17. The molecule has 1 amide bonds. The lowest BCUT2D eigenvalue weighted by Gasteiger charge is -2.07. The number of nitrogens with zero attached hydrogens (tertiary/aromatic N) is 1. The molecule has 9 heteroatoms. The second kappa shape index (κ2) is 10.8. The number of amides is 1. The average molecular weight is 478 g/mol.